The Bertz CT molecular complexity index is 1930. The lowest BCUT2D eigenvalue weighted by molar-refractivity contribution is -0.146. The van der Waals surface area contributed by atoms with Crippen LogP contribution in [-0.4, -0.2) is 42.4 Å². The molecule has 4 aromatic carbocycles. The third kappa shape index (κ3) is 8.86. The lowest BCUT2D eigenvalue weighted by Gasteiger charge is -2.18. The number of benzene rings is 4. The Labute approximate surface area is 281 Å². The largest absolute Gasteiger partial charge is 0.477 e. The minimum atomic E-state index is -3.44. The standard InChI is InChI=1S/C32H26BrClN2O6S3/c33-21-9-16-28-26(18-21)35-29(44-28)19-43-27-6-2-1-5-25(27)30(37)36-31(32(38)39)42-23-12-7-20(8-13-23)4-3-17-45(40,41)24-14-10-22(34)11-15-24/h1-2,5-16,18,31H,3-4,17,19H2,(H,36,37)(H,38,39). The highest BCUT2D eigenvalue weighted by atomic mass is 79.9. The van der Waals surface area contributed by atoms with E-state index in [9.17, 15) is 23.1 Å². The topological polar surface area (TPSA) is 123 Å². The van der Waals surface area contributed by atoms with Crippen molar-refractivity contribution in [1.82, 2.24) is 10.3 Å². The monoisotopic (exact) mass is 744 g/mol. The summed E-state index contributed by atoms with van der Waals surface area (Å²) in [7, 11) is -3.44. The number of hydrogen-bond acceptors (Lipinski definition) is 8. The molecule has 1 heterocycles. The van der Waals surface area contributed by atoms with E-state index in [0.717, 1.165) is 25.3 Å². The Balaban J connectivity index is 1.17. The number of carbonyl (C=O) groups is 2. The van der Waals surface area contributed by atoms with E-state index in [-0.39, 0.29) is 16.4 Å². The molecule has 13 heteroatoms. The van der Waals surface area contributed by atoms with Gasteiger partial charge in [0.1, 0.15) is 10.8 Å². The molecule has 0 fully saturated rings. The van der Waals surface area contributed by atoms with Gasteiger partial charge < -0.3 is 15.2 Å². The third-order valence-electron chi connectivity index (χ3n) is 6.59. The van der Waals surface area contributed by atoms with Crippen LogP contribution in [-0.2, 0) is 26.8 Å². The number of carboxylic acid groups (broad SMARTS) is 1. The van der Waals surface area contributed by atoms with Crippen LogP contribution in [0, 0.1) is 0 Å². The van der Waals surface area contributed by atoms with E-state index in [0.29, 0.717) is 34.1 Å². The Morgan fingerprint density at radius 1 is 1.02 bits per heavy atom. The molecule has 0 bridgehead atoms. The fourth-order valence-electron chi connectivity index (χ4n) is 4.36. The first-order chi connectivity index (χ1) is 21.6. The van der Waals surface area contributed by atoms with Crippen LogP contribution in [0.1, 0.15) is 27.3 Å². The molecule has 0 aliphatic rings. The Kier molecular flexibility index (Phi) is 10.8. The summed E-state index contributed by atoms with van der Waals surface area (Å²) in [4.78, 5) is 30.8. The number of aromatic nitrogens is 1. The van der Waals surface area contributed by atoms with Crippen molar-refractivity contribution in [2.24, 2.45) is 0 Å². The number of amides is 1. The molecule has 0 saturated heterocycles. The zero-order chi connectivity index (χ0) is 32.0. The molecular weight excluding hydrogens is 720 g/mol. The first-order valence-electron chi connectivity index (χ1n) is 13.6. The molecule has 45 heavy (non-hydrogen) atoms. The van der Waals surface area contributed by atoms with E-state index in [4.69, 9.17) is 16.3 Å². The molecule has 2 N–H and O–H groups in total. The van der Waals surface area contributed by atoms with E-state index < -0.39 is 27.9 Å². The number of carboxylic acids is 1. The number of halogens is 2. The third-order valence-corrected chi connectivity index (χ3v) is 11.5. The maximum Gasteiger partial charge on any atom is 0.366 e. The summed E-state index contributed by atoms with van der Waals surface area (Å²) < 4.78 is 32.8. The van der Waals surface area contributed by atoms with Crippen molar-refractivity contribution in [2.45, 2.75) is 34.6 Å². The first-order valence-corrected chi connectivity index (χ1v) is 18.2. The van der Waals surface area contributed by atoms with Gasteiger partial charge in [0.15, 0.2) is 9.84 Å². The lowest BCUT2D eigenvalue weighted by Crippen LogP contribution is -2.45. The van der Waals surface area contributed by atoms with Gasteiger partial charge in [-0.05, 0) is 85.1 Å². The molecule has 1 amide bonds. The smallest absolute Gasteiger partial charge is 0.366 e. The van der Waals surface area contributed by atoms with Gasteiger partial charge in [-0.25, -0.2) is 18.2 Å². The van der Waals surface area contributed by atoms with Gasteiger partial charge in [-0.15, -0.1) is 23.1 Å². The van der Waals surface area contributed by atoms with Crippen LogP contribution in [0.25, 0.3) is 10.2 Å². The predicted octanol–water partition coefficient (Wildman–Crippen LogP) is 7.63. The van der Waals surface area contributed by atoms with Crippen LogP contribution in [0.5, 0.6) is 5.75 Å². The van der Waals surface area contributed by atoms with Gasteiger partial charge in [0.05, 0.1) is 32.2 Å². The number of thioether (sulfide) groups is 1. The molecule has 0 spiro atoms. The Morgan fingerprint density at radius 2 is 1.76 bits per heavy atom. The molecule has 0 radical (unpaired) electrons. The second-order valence-corrected chi connectivity index (χ2v) is 15.4. The summed E-state index contributed by atoms with van der Waals surface area (Å²) in [5.74, 6) is -1.19. The van der Waals surface area contributed by atoms with Crippen molar-refractivity contribution < 1.29 is 27.9 Å². The van der Waals surface area contributed by atoms with E-state index in [2.05, 4.69) is 26.2 Å². The molecule has 232 valence electrons. The summed E-state index contributed by atoms with van der Waals surface area (Å²) in [6, 6.07) is 25.6. The van der Waals surface area contributed by atoms with E-state index in [1.807, 2.05) is 24.3 Å². The Morgan fingerprint density at radius 3 is 2.49 bits per heavy atom. The molecule has 1 aromatic heterocycles. The van der Waals surface area contributed by atoms with Gasteiger partial charge in [-0.3, -0.25) is 4.79 Å². The molecule has 8 nitrogen and oxygen atoms in total. The first kappa shape index (κ1) is 33.0. The van der Waals surface area contributed by atoms with Crippen molar-refractivity contribution in [1.29, 1.82) is 0 Å². The SMILES string of the molecule is O=C(NC(Oc1ccc(CCCS(=O)(=O)c2ccc(Cl)cc2)cc1)C(=O)O)c1ccccc1SCc1nc2cc(Br)ccc2s1. The highest BCUT2D eigenvalue weighted by Gasteiger charge is 2.24. The Hall–Kier alpha value is -3.42. The second-order valence-electron chi connectivity index (χ2n) is 9.83. The van der Waals surface area contributed by atoms with Crippen molar-refractivity contribution in [3.05, 3.63) is 117 Å². The maximum atomic E-state index is 13.2. The van der Waals surface area contributed by atoms with E-state index in [1.54, 1.807) is 65.9 Å². The number of hydrogen-bond donors (Lipinski definition) is 2. The molecule has 0 aliphatic heterocycles. The highest BCUT2D eigenvalue weighted by molar-refractivity contribution is 9.10. The van der Waals surface area contributed by atoms with E-state index in [1.165, 1.54) is 23.9 Å². The highest BCUT2D eigenvalue weighted by Crippen LogP contribution is 2.31. The number of thiazole rings is 1. The van der Waals surface area contributed by atoms with Crippen molar-refractivity contribution >= 4 is 82.6 Å². The minimum Gasteiger partial charge on any atom is -0.477 e. The lowest BCUT2D eigenvalue weighted by atomic mass is 10.1. The quantitative estimate of drug-likeness (QED) is 0.0933. The molecule has 1 unspecified atom stereocenters. The second kappa shape index (κ2) is 14.8. The number of rotatable bonds is 13. The van der Waals surface area contributed by atoms with Gasteiger partial charge >= 0.3 is 5.97 Å². The number of aryl methyl sites for hydroxylation is 1. The van der Waals surface area contributed by atoms with Gasteiger partial charge in [0.25, 0.3) is 12.1 Å². The zero-order valence-corrected chi connectivity index (χ0v) is 28.3. The molecule has 1 atom stereocenters. The number of nitrogens with one attached hydrogen (secondary N) is 1. The predicted molar refractivity (Wildman–Crippen MR) is 181 cm³/mol. The van der Waals surface area contributed by atoms with Crippen LogP contribution in [0.2, 0.25) is 5.02 Å². The number of aliphatic carboxylic acids is 1. The number of carbonyl (C=O) groups excluding carboxylic acids is 1. The van der Waals surface area contributed by atoms with Crippen LogP contribution in [0.3, 0.4) is 0 Å². The fraction of sp³-hybridized carbons (Fsp3) is 0.156. The fourth-order valence-corrected chi connectivity index (χ4v) is 8.14. The van der Waals surface area contributed by atoms with Crippen LogP contribution >= 0.6 is 50.6 Å². The normalized spacial score (nSPS) is 12.1. The summed E-state index contributed by atoms with van der Waals surface area (Å²) in [5.41, 5.74) is 2.08. The average Bonchev–Trinajstić information content (AvgIpc) is 3.42. The molecule has 5 rings (SSSR count). The number of sulfone groups is 1. The summed E-state index contributed by atoms with van der Waals surface area (Å²) in [6.45, 7) is 0. The summed E-state index contributed by atoms with van der Waals surface area (Å²) in [5, 5.41) is 13.6. The number of ether oxygens (including phenoxy) is 1. The number of nitrogens with zero attached hydrogens (tertiary/aromatic N) is 1. The van der Waals surface area contributed by atoms with Crippen LogP contribution < -0.4 is 10.1 Å². The van der Waals surface area contributed by atoms with Gasteiger partial charge in [0.2, 0.25) is 0 Å². The molecule has 0 saturated carbocycles. The summed E-state index contributed by atoms with van der Waals surface area (Å²) in [6.07, 6.45) is -0.740. The summed E-state index contributed by atoms with van der Waals surface area (Å²) >= 11 is 12.3. The van der Waals surface area contributed by atoms with Crippen molar-refractivity contribution in [3.63, 3.8) is 0 Å². The average molecular weight is 746 g/mol. The number of fused-ring (bicyclic) bond motifs is 1. The van der Waals surface area contributed by atoms with Crippen molar-refractivity contribution in [2.75, 3.05) is 5.75 Å². The van der Waals surface area contributed by atoms with Crippen LogP contribution in [0.15, 0.2) is 105 Å². The molecule has 5 aromatic rings. The van der Waals surface area contributed by atoms with Crippen LogP contribution in [0.4, 0.5) is 0 Å². The van der Waals surface area contributed by atoms with Gasteiger partial charge in [-0.1, -0.05) is 51.8 Å². The minimum absolute atomic E-state index is 0.0294. The maximum absolute atomic E-state index is 13.2. The molecule has 0 aliphatic carbocycles. The van der Waals surface area contributed by atoms with Gasteiger partial charge in [-0.2, -0.15) is 0 Å². The van der Waals surface area contributed by atoms with Gasteiger partial charge in [0, 0.05) is 14.4 Å². The molecular formula is C32H26BrClN2O6S3. The van der Waals surface area contributed by atoms with Crippen molar-refractivity contribution in [3.8, 4) is 5.75 Å². The van der Waals surface area contributed by atoms with E-state index >= 15 is 0 Å². The zero-order valence-electron chi connectivity index (χ0n) is 23.5.